The van der Waals surface area contributed by atoms with Gasteiger partial charge in [-0.1, -0.05) is 41.9 Å². The van der Waals surface area contributed by atoms with Crippen molar-refractivity contribution in [2.45, 2.75) is 25.8 Å². The first kappa shape index (κ1) is 15.7. The lowest BCUT2D eigenvalue weighted by Crippen LogP contribution is -2.48. The smallest absolute Gasteiger partial charge is 0.108 e. The van der Waals surface area contributed by atoms with Crippen LogP contribution < -0.4 is 10.6 Å². The van der Waals surface area contributed by atoms with E-state index >= 15 is 0 Å². The maximum absolute atomic E-state index is 6.10. The van der Waals surface area contributed by atoms with Gasteiger partial charge in [-0.05, 0) is 61.7 Å². The van der Waals surface area contributed by atoms with Crippen LogP contribution in [0.15, 0.2) is 53.5 Å². The van der Waals surface area contributed by atoms with Crippen molar-refractivity contribution in [1.82, 2.24) is 5.32 Å². The summed E-state index contributed by atoms with van der Waals surface area (Å²) in [5.41, 5.74) is 3.89. The summed E-state index contributed by atoms with van der Waals surface area (Å²) >= 11 is 6.10. The van der Waals surface area contributed by atoms with E-state index in [4.69, 9.17) is 16.6 Å². The highest BCUT2D eigenvalue weighted by molar-refractivity contribution is 6.30. The summed E-state index contributed by atoms with van der Waals surface area (Å²) in [7, 11) is 0. The molecule has 0 aliphatic carbocycles. The Kier molecular flexibility index (Phi) is 4.30. The Balaban J connectivity index is 1.66. The standard InChI is InChI=1S/C20H22ClN3/c21-17-6-3-4-15(12-17)14-23-19-20(8-10-22-11-9-20)13-16-5-1-2-7-18(16)24-19/h1-7,12,22H,8-11,13-14H2,(H,23,24). The average Bonchev–Trinajstić information content (AvgIpc) is 2.61. The fourth-order valence-corrected chi connectivity index (χ4v) is 4.05. The van der Waals surface area contributed by atoms with Gasteiger partial charge in [0.25, 0.3) is 0 Å². The Morgan fingerprint density at radius 3 is 2.71 bits per heavy atom. The molecule has 2 aliphatic rings. The minimum atomic E-state index is 0.137. The van der Waals surface area contributed by atoms with Crippen LogP contribution in [0, 0.1) is 5.41 Å². The molecule has 124 valence electrons. The number of anilines is 1. The molecule has 2 N–H and O–H groups in total. The molecule has 4 rings (SSSR count). The van der Waals surface area contributed by atoms with E-state index in [0.717, 1.165) is 48.8 Å². The molecule has 24 heavy (non-hydrogen) atoms. The van der Waals surface area contributed by atoms with Crippen LogP contribution in [0.4, 0.5) is 5.69 Å². The zero-order valence-corrected chi connectivity index (χ0v) is 14.4. The van der Waals surface area contributed by atoms with Crippen molar-refractivity contribution in [2.75, 3.05) is 18.4 Å². The van der Waals surface area contributed by atoms with Crippen molar-refractivity contribution < 1.29 is 0 Å². The van der Waals surface area contributed by atoms with Crippen molar-refractivity contribution in [3.05, 3.63) is 64.7 Å². The zero-order valence-electron chi connectivity index (χ0n) is 13.7. The number of aliphatic imine (C=N–C) groups is 1. The van der Waals surface area contributed by atoms with Crippen LogP contribution in [0.3, 0.4) is 0 Å². The maximum atomic E-state index is 6.10. The summed E-state index contributed by atoms with van der Waals surface area (Å²) in [6.07, 6.45) is 3.33. The maximum Gasteiger partial charge on any atom is 0.108 e. The number of halogens is 1. The minimum absolute atomic E-state index is 0.137. The monoisotopic (exact) mass is 339 g/mol. The summed E-state index contributed by atoms with van der Waals surface area (Å²) in [6.45, 7) is 2.78. The molecule has 2 aromatic carbocycles. The highest BCUT2D eigenvalue weighted by Gasteiger charge is 2.40. The van der Waals surface area contributed by atoms with Gasteiger partial charge in [0, 0.05) is 16.1 Å². The van der Waals surface area contributed by atoms with Crippen LogP contribution in [-0.2, 0) is 13.0 Å². The molecule has 3 nitrogen and oxygen atoms in total. The predicted octanol–water partition coefficient (Wildman–Crippen LogP) is 4.28. The van der Waals surface area contributed by atoms with E-state index in [1.54, 1.807) is 0 Å². The Morgan fingerprint density at radius 2 is 1.88 bits per heavy atom. The first-order valence-corrected chi connectivity index (χ1v) is 8.98. The van der Waals surface area contributed by atoms with Gasteiger partial charge in [0.15, 0.2) is 0 Å². The van der Waals surface area contributed by atoms with Gasteiger partial charge in [0.2, 0.25) is 0 Å². The summed E-state index contributed by atoms with van der Waals surface area (Å²) in [5.74, 6) is 1.14. The third-order valence-corrected chi connectivity index (χ3v) is 5.41. The number of piperidine rings is 1. The second-order valence-corrected chi connectivity index (χ2v) is 7.22. The Hall–Kier alpha value is -1.84. The van der Waals surface area contributed by atoms with Crippen molar-refractivity contribution in [2.24, 2.45) is 10.4 Å². The molecule has 1 fully saturated rings. The molecule has 0 saturated carbocycles. The molecule has 0 radical (unpaired) electrons. The number of hydrogen-bond donors (Lipinski definition) is 2. The van der Waals surface area contributed by atoms with Gasteiger partial charge < -0.3 is 10.6 Å². The van der Waals surface area contributed by atoms with Gasteiger partial charge >= 0.3 is 0 Å². The van der Waals surface area contributed by atoms with Gasteiger partial charge in [0.1, 0.15) is 5.84 Å². The lowest BCUT2D eigenvalue weighted by Gasteiger charge is -2.42. The Bertz CT molecular complexity index is 763. The number of fused-ring (bicyclic) bond motifs is 1. The average molecular weight is 340 g/mol. The predicted molar refractivity (Wildman–Crippen MR) is 101 cm³/mol. The van der Waals surface area contributed by atoms with E-state index in [-0.39, 0.29) is 5.41 Å². The Morgan fingerprint density at radius 1 is 1.04 bits per heavy atom. The molecule has 0 unspecified atom stereocenters. The summed E-state index contributed by atoms with van der Waals surface area (Å²) < 4.78 is 0. The van der Waals surface area contributed by atoms with Crippen LogP contribution in [0.5, 0.6) is 0 Å². The fraction of sp³-hybridized carbons (Fsp3) is 0.350. The molecule has 2 heterocycles. The second-order valence-electron chi connectivity index (χ2n) is 6.78. The van der Waals surface area contributed by atoms with Gasteiger partial charge in [0.05, 0.1) is 6.54 Å². The third-order valence-electron chi connectivity index (χ3n) is 5.17. The van der Waals surface area contributed by atoms with Crippen LogP contribution in [0.1, 0.15) is 24.0 Å². The van der Waals surface area contributed by atoms with E-state index in [1.165, 1.54) is 11.3 Å². The normalized spacial score (nSPS) is 20.6. The minimum Gasteiger partial charge on any atom is -0.343 e. The van der Waals surface area contributed by atoms with E-state index in [0.29, 0.717) is 6.54 Å². The Labute approximate surface area is 148 Å². The van der Waals surface area contributed by atoms with Gasteiger partial charge in [-0.2, -0.15) is 0 Å². The zero-order chi connectivity index (χ0) is 16.4. The number of nitrogens with one attached hydrogen (secondary N) is 2. The number of rotatable bonds is 2. The molecular weight excluding hydrogens is 318 g/mol. The molecule has 1 saturated heterocycles. The van der Waals surface area contributed by atoms with Gasteiger partial charge in [-0.25, -0.2) is 0 Å². The summed E-state index contributed by atoms with van der Waals surface area (Å²) in [5, 5.41) is 7.88. The van der Waals surface area contributed by atoms with Crippen LogP contribution in [-0.4, -0.2) is 18.9 Å². The molecule has 0 bridgehead atoms. The van der Waals surface area contributed by atoms with E-state index in [2.05, 4.69) is 41.0 Å². The second kappa shape index (κ2) is 6.58. The SMILES string of the molecule is Clc1cccc(CN=C2Nc3ccccc3CC23CCNCC3)c1. The highest BCUT2D eigenvalue weighted by atomic mass is 35.5. The van der Waals surface area contributed by atoms with Gasteiger partial charge in [-0.3, -0.25) is 4.99 Å². The largest absolute Gasteiger partial charge is 0.343 e. The summed E-state index contributed by atoms with van der Waals surface area (Å²) in [4.78, 5) is 4.99. The fourth-order valence-electron chi connectivity index (χ4n) is 3.84. The highest BCUT2D eigenvalue weighted by Crippen LogP contribution is 2.40. The van der Waals surface area contributed by atoms with Crippen LogP contribution in [0.2, 0.25) is 5.02 Å². The molecular formula is C20H22ClN3. The van der Waals surface area contributed by atoms with E-state index in [1.807, 2.05) is 18.2 Å². The molecule has 4 heteroatoms. The quantitative estimate of drug-likeness (QED) is 0.857. The third kappa shape index (κ3) is 3.06. The number of nitrogens with zero attached hydrogens (tertiary/aromatic N) is 1. The first-order chi connectivity index (χ1) is 11.8. The number of para-hydroxylation sites is 1. The molecule has 2 aromatic rings. The van der Waals surface area contributed by atoms with E-state index < -0.39 is 0 Å². The molecule has 1 spiro atoms. The topological polar surface area (TPSA) is 36.4 Å². The summed E-state index contributed by atoms with van der Waals surface area (Å²) in [6, 6.07) is 16.6. The number of amidine groups is 1. The number of benzene rings is 2. The van der Waals surface area contributed by atoms with Crippen molar-refractivity contribution >= 4 is 23.1 Å². The first-order valence-electron chi connectivity index (χ1n) is 8.60. The van der Waals surface area contributed by atoms with Crippen molar-refractivity contribution in [3.63, 3.8) is 0 Å². The molecule has 2 aliphatic heterocycles. The van der Waals surface area contributed by atoms with Crippen molar-refractivity contribution in [3.8, 4) is 0 Å². The molecule has 0 aromatic heterocycles. The lowest BCUT2D eigenvalue weighted by atomic mass is 9.71. The lowest BCUT2D eigenvalue weighted by molar-refractivity contribution is 0.293. The molecule has 0 atom stereocenters. The van der Waals surface area contributed by atoms with Gasteiger partial charge in [-0.15, -0.1) is 0 Å². The molecule has 0 amide bonds. The van der Waals surface area contributed by atoms with Crippen molar-refractivity contribution in [1.29, 1.82) is 0 Å². The van der Waals surface area contributed by atoms with Crippen LogP contribution in [0.25, 0.3) is 0 Å². The van der Waals surface area contributed by atoms with Crippen LogP contribution >= 0.6 is 11.6 Å². The van der Waals surface area contributed by atoms with E-state index in [9.17, 15) is 0 Å². The number of hydrogen-bond acceptors (Lipinski definition) is 2.